The largest absolute Gasteiger partial charge is 0.296 e. The fraction of sp³-hybridized carbons (Fsp3) is 0.143. The molecule has 11 heavy (non-hydrogen) atoms. The van der Waals surface area contributed by atoms with E-state index in [1.807, 2.05) is 0 Å². The van der Waals surface area contributed by atoms with Crippen LogP contribution >= 0.6 is 15.9 Å². The van der Waals surface area contributed by atoms with Gasteiger partial charge in [0.1, 0.15) is 4.60 Å². The number of aromatic nitrogens is 2. The molecule has 0 aromatic carbocycles. The predicted molar refractivity (Wildman–Crippen MR) is 46.4 cm³/mol. The van der Waals surface area contributed by atoms with Gasteiger partial charge in [0, 0.05) is 6.54 Å². The molecule has 0 radical (unpaired) electrons. The van der Waals surface area contributed by atoms with Crippen LogP contribution in [-0.4, -0.2) is 9.55 Å². The van der Waals surface area contributed by atoms with Crippen molar-refractivity contribution in [3.05, 3.63) is 40.0 Å². The van der Waals surface area contributed by atoms with E-state index in [1.54, 1.807) is 12.3 Å². The first-order valence-electron chi connectivity index (χ1n) is 3.07. The predicted octanol–water partition coefficient (Wildman–Crippen LogP) is 1.19. The van der Waals surface area contributed by atoms with Gasteiger partial charge in [-0.25, -0.2) is 0 Å². The molecule has 0 aliphatic rings. The van der Waals surface area contributed by atoms with E-state index in [1.165, 1.54) is 10.8 Å². The average Bonchev–Trinajstić information content (AvgIpc) is 1.97. The maximum atomic E-state index is 11.1. The topological polar surface area (TPSA) is 34.9 Å². The van der Waals surface area contributed by atoms with E-state index in [0.29, 0.717) is 11.1 Å². The Morgan fingerprint density at radius 1 is 1.73 bits per heavy atom. The van der Waals surface area contributed by atoms with Crippen molar-refractivity contribution in [3.8, 4) is 0 Å². The summed E-state index contributed by atoms with van der Waals surface area (Å²) in [6.07, 6.45) is 4.51. The van der Waals surface area contributed by atoms with Crippen LogP contribution in [0.25, 0.3) is 0 Å². The van der Waals surface area contributed by atoms with Crippen LogP contribution in [-0.2, 0) is 6.54 Å². The second-order valence-electron chi connectivity index (χ2n) is 1.97. The lowest BCUT2D eigenvalue weighted by molar-refractivity contribution is 0.746. The highest BCUT2D eigenvalue weighted by molar-refractivity contribution is 9.10. The third-order valence-corrected chi connectivity index (χ3v) is 1.83. The lowest BCUT2D eigenvalue weighted by atomic mass is 10.6. The molecule has 0 aliphatic carbocycles. The van der Waals surface area contributed by atoms with Gasteiger partial charge >= 0.3 is 0 Å². The van der Waals surface area contributed by atoms with Crippen molar-refractivity contribution in [1.29, 1.82) is 0 Å². The molecule has 58 valence electrons. The Hall–Kier alpha value is -0.900. The Labute approximate surface area is 72.5 Å². The van der Waals surface area contributed by atoms with Crippen molar-refractivity contribution in [1.82, 2.24) is 9.55 Å². The first-order chi connectivity index (χ1) is 5.25. The highest BCUT2D eigenvalue weighted by Gasteiger charge is 1.96. The van der Waals surface area contributed by atoms with Gasteiger partial charge in [-0.15, -0.1) is 6.58 Å². The summed E-state index contributed by atoms with van der Waals surface area (Å²) in [4.78, 5) is 14.8. The zero-order valence-corrected chi connectivity index (χ0v) is 7.41. The van der Waals surface area contributed by atoms with Gasteiger partial charge in [0.15, 0.2) is 0 Å². The molecule has 0 fully saturated rings. The van der Waals surface area contributed by atoms with Crippen LogP contribution in [0.15, 0.2) is 34.4 Å². The van der Waals surface area contributed by atoms with Crippen LogP contribution in [0.3, 0.4) is 0 Å². The second-order valence-corrected chi connectivity index (χ2v) is 2.78. The van der Waals surface area contributed by atoms with E-state index in [0.717, 1.165) is 0 Å². The minimum Gasteiger partial charge on any atom is -0.296 e. The fourth-order valence-electron chi connectivity index (χ4n) is 0.713. The summed E-state index contributed by atoms with van der Waals surface area (Å²) in [6.45, 7) is 4.04. The summed E-state index contributed by atoms with van der Waals surface area (Å²) < 4.78 is 2.20. The first kappa shape index (κ1) is 8.20. The quantitative estimate of drug-likeness (QED) is 0.694. The highest BCUT2D eigenvalue weighted by Crippen LogP contribution is 2.03. The summed E-state index contributed by atoms with van der Waals surface area (Å²) in [5.41, 5.74) is -0.126. The molecular weight excluding hydrogens is 208 g/mol. The summed E-state index contributed by atoms with van der Waals surface area (Å²) in [6, 6.07) is 0. The number of halogens is 1. The monoisotopic (exact) mass is 214 g/mol. The lowest BCUT2D eigenvalue weighted by Gasteiger charge is -2.01. The van der Waals surface area contributed by atoms with Crippen LogP contribution in [0.1, 0.15) is 0 Å². The zero-order valence-electron chi connectivity index (χ0n) is 5.83. The fourth-order valence-corrected chi connectivity index (χ4v) is 1.15. The molecule has 0 spiro atoms. The number of hydrogen-bond donors (Lipinski definition) is 0. The molecule has 0 atom stereocenters. The van der Waals surface area contributed by atoms with Crippen molar-refractivity contribution in [2.24, 2.45) is 0 Å². The van der Waals surface area contributed by atoms with Gasteiger partial charge in [-0.1, -0.05) is 6.08 Å². The summed E-state index contributed by atoms with van der Waals surface area (Å²) in [5.74, 6) is 0. The Balaban J connectivity index is 3.20. The van der Waals surface area contributed by atoms with E-state index in [4.69, 9.17) is 0 Å². The zero-order chi connectivity index (χ0) is 8.27. The maximum absolute atomic E-state index is 11.1. The molecule has 1 heterocycles. The van der Waals surface area contributed by atoms with Gasteiger partial charge < -0.3 is 0 Å². The number of hydrogen-bond acceptors (Lipinski definition) is 2. The molecule has 0 aliphatic heterocycles. The van der Waals surface area contributed by atoms with Gasteiger partial charge in [-0.05, 0) is 15.9 Å². The molecular formula is C7H7BrN2O. The first-order valence-corrected chi connectivity index (χ1v) is 3.86. The van der Waals surface area contributed by atoms with Gasteiger partial charge in [-0.2, -0.15) is 0 Å². The van der Waals surface area contributed by atoms with Crippen molar-refractivity contribution >= 4 is 15.9 Å². The third kappa shape index (κ3) is 1.77. The summed E-state index contributed by atoms with van der Waals surface area (Å²) in [5, 5.41) is 0. The molecule has 4 heteroatoms. The molecule has 0 N–H and O–H groups in total. The molecule has 1 aromatic heterocycles. The minimum atomic E-state index is -0.126. The minimum absolute atomic E-state index is 0.126. The van der Waals surface area contributed by atoms with E-state index >= 15 is 0 Å². The highest BCUT2D eigenvalue weighted by atomic mass is 79.9. The Morgan fingerprint density at radius 2 is 2.45 bits per heavy atom. The van der Waals surface area contributed by atoms with Gasteiger partial charge in [-0.3, -0.25) is 14.3 Å². The number of nitrogens with zero attached hydrogens (tertiary/aromatic N) is 2. The maximum Gasteiger partial charge on any atom is 0.270 e. The Bertz CT molecular complexity index is 318. The smallest absolute Gasteiger partial charge is 0.270 e. The van der Waals surface area contributed by atoms with Crippen molar-refractivity contribution in [2.75, 3.05) is 0 Å². The normalized spacial score (nSPS) is 9.55. The van der Waals surface area contributed by atoms with Crippen molar-refractivity contribution in [2.45, 2.75) is 6.54 Å². The Kier molecular flexibility index (Phi) is 2.59. The van der Waals surface area contributed by atoms with Crippen LogP contribution in [0.4, 0.5) is 0 Å². The Morgan fingerprint density at radius 3 is 3.00 bits per heavy atom. The van der Waals surface area contributed by atoms with Crippen LogP contribution in [0, 0.1) is 0 Å². The number of allylic oxidation sites excluding steroid dienone is 1. The molecule has 0 bridgehead atoms. The molecule has 1 aromatic rings. The van der Waals surface area contributed by atoms with Crippen molar-refractivity contribution in [3.63, 3.8) is 0 Å². The van der Waals surface area contributed by atoms with E-state index in [9.17, 15) is 4.79 Å². The van der Waals surface area contributed by atoms with Gasteiger partial charge in [0.05, 0.1) is 12.4 Å². The summed E-state index contributed by atoms with van der Waals surface area (Å²) >= 11 is 3.20. The summed E-state index contributed by atoms with van der Waals surface area (Å²) in [7, 11) is 0. The molecule has 0 amide bonds. The molecule has 3 nitrogen and oxygen atoms in total. The third-order valence-electron chi connectivity index (χ3n) is 1.20. The van der Waals surface area contributed by atoms with E-state index < -0.39 is 0 Å². The number of rotatable bonds is 2. The second kappa shape index (κ2) is 3.48. The van der Waals surface area contributed by atoms with E-state index in [2.05, 4.69) is 27.5 Å². The average molecular weight is 215 g/mol. The van der Waals surface area contributed by atoms with Crippen molar-refractivity contribution < 1.29 is 0 Å². The lowest BCUT2D eigenvalue weighted by Crippen LogP contribution is -2.19. The van der Waals surface area contributed by atoms with E-state index in [-0.39, 0.29) is 5.56 Å². The molecule has 1 rings (SSSR count). The van der Waals surface area contributed by atoms with Gasteiger partial charge in [0.2, 0.25) is 0 Å². The van der Waals surface area contributed by atoms with Crippen LogP contribution < -0.4 is 5.56 Å². The SMILES string of the molecule is C=CCn1c(Br)cncc1=O. The molecule has 0 saturated carbocycles. The van der Waals surface area contributed by atoms with Gasteiger partial charge in [0.25, 0.3) is 5.56 Å². The van der Waals surface area contributed by atoms with Crippen LogP contribution in [0.2, 0.25) is 0 Å². The standard InChI is InChI=1S/C7H7BrN2O/c1-2-3-10-6(8)4-9-5-7(10)11/h2,4-5H,1,3H2. The van der Waals surface area contributed by atoms with Crippen LogP contribution in [0.5, 0.6) is 0 Å². The molecule has 0 unspecified atom stereocenters. The molecule has 0 saturated heterocycles.